The molecular weight excluding hydrogens is 332 g/mol. The van der Waals surface area contributed by atoms with E-state index in [4.69, 9.17) is 4.74 Å². The normalized spacial score (nSPS) is 15.8. The van der Waals surface area contributed by atoms with E-state index in [1.165, 1.54) is 11.8 Å². The van der Waals surface area contributed by atoms with E-state index in [0.29, 0.717) is 10.9 Å². The minimum absolute atomic E-state index is 0.113. The summed E-state index contributed by atoms with van der Waals surface area (Å²) in [4.78, 5) is 18.9. The van der Waals surface area contributed by atoms with Crippen LogP contribution in [0.1, 0.15) is 19.4 Å². The summed E-state index contributed by atoms with van der Waals surface area (Å²) in [5, 5.41) is 0.683. The zero-order chi connectivity index (χ0) is 17.8. The highest BCUT2D eigenvalue weighted by molar-refractivity contribution is 8.13. The second-order valence-corrected chi connectivity index (χ2v) is 6.61. The molecule has 25 heavy (non-hydrogen) atoms. The van der Waals surface area contributed by atoms with Crippen LogP contribution in [-0.4, -0.2) is 23.4 Å². The van der Waals surface area contributed by atoms with Crippen molar-refractivity contribution in [1.82, 2.24) is 0 Å². The average Bonchev–Trinajstić information content (AvgIpc) is 2.93. The summed E-state index contributed by atoms with van der Waals surface area (Å²) >= 11 is 1.46. The van der Waals surface area contributed by atoms with Crippen molar-refractivity contribution in [3.05, 3.63) is 65.9 Å². The summed E-state index contributed by atoms with van der Waals surface area (Å²) in [7, 11) is 0. The Labute approximate surface area is 152 Å². The van der Waals surface area contributed by atoms with Crippen LogP contribution in [0, 0.1) is 0 Å². The van der Waals surface area contributed by atoms with Gasteiger partial charge in [-0.3, -0.25) is 9.69 Å². The van der Waals surface area contributed by atoms with Crippen molar-refractivity contribution in [2.45, 2.75) is 20.0 Å². The van der Waals surface area contributed by atoms with E-state index in [9.17, 15) is 4.79 Å². The van der Waals surface area contributed by atoms with Crippen LogP contribution in [0.4, 0.5) is 5.69 Å². The molecule has 1 aliphatic heterocycles. The minimum Gasteiger partial charge on any atom is -0.491 e. The molecule has 0 aromatic heterocycles. The van der Waals surface area contributed by atoms with Crippen molar-refractivity contribution in [3.8, 4) is 5.75 Å². The van der Waals surface area contributed by atoms with E-state index in [2.05, 4.69) is 4.99 Å². The third kappa shape index (κ3) is 3.94. The number of amides is 1. The van der Waals surface area contributed by atoms with E-state index in [1.54, 1.807) is 11.0 Å². The lowest BCUT2D eigenvalue weighted by Crippen LogP contribution is -2.29. The first kappa shape index (κ1) is 17.3. The van der Waals surface area contributed by atoms with Crippen LogP contribution >= 0.6 is 11.8 Å². The van der Waals surface area contributed by atoms with E-state index in [0.717, 1.165) is 17.0 Å². The Balaban J connectivity index is 1.86. The maximum atomic E-state index is 12.8. The molecule has 2 aromatic carbocycles. The van der Waals surface area contributed by atoms with Crippen molar-refractivity contribution in [1.29, 1.82) is 0 Å². The van der Waals surface area contributed by atoms with E-state index < -0.39 is 0 Å². The number of benzene rings is 2. The molecule has 128 valence electrons. The maximum absolute atomic E-state index is 12.8. The fourth-order valence-corrected chi connectivity index (χ4v) is 3.07. The zero-order valence-electron chi connectivity index (χ0n) is 14.5. The molecule has 1 amide bonds. The molecule has 0 radical (unpaired) electrons. The number of amidine groups is 1. The number of rotatable bonds is 4. The van der Waals surface area contributed by atoms with Crippen molar-refractivity contribution < 1.29 is 9.53 Å². The van der Waals surface area contributed by atoms with E-state index in [1.807, 2.05) is 74.7 Å². The summed E-state index contributed by atoms with van der Waals surface area (Å²) in [5.74, 6) is 0.701. The lowest BCUT2D eigenvalue weighted by Gasteiger charge is -2.16. The quantitative estimate of drug-likeness (QED) is 0.756. The molecule has 1 aliphatic rings. The number of carbonyl (C=O) groups excluding carboxylic acids is 1. The van der Waals surface area contributed by atoms with E-state index in [-0.39, 0.29) is 12.0 Å². The predicted octanol–water partition coefficient (Wildman–Crippen LogP) is 4.58. The Bertz CT molecular complexity index is 811. The number of hydrogen-bond acceptors (Lipinski definition) is 4. The molecule has 0 aliphatic carbocycles. The van der Waals surface area contributed by atoms with Crippen LogP contribution in [-0.2, 0) is 4.79 Å². The summed E-state index contributed by atoms with van der Waals surface area (Å²) in [6.45, 7) is 3.98. The predicted molar refractivity (Wildman–Crippen MR) is 105 cm³/mol. The molecule has 0 N–H and O–H groups in total. The molecule has 3 rings (SSSR count). The number of para-hydroxylation sites is 1. The van der Waals surface area contributed by atoms with Crippen LogP contribution in [0.3, 0.4) is 0 Å². The highest BCUT2D eigenvalue weighted by atomic mass is 32.2. The van der Waals surface area contributed by atoms with Gasteiger partial charge in [0.15, 0.2) is 5.17 Å². The lowest BCUT2D eigenvalue weighted by atomic mass is 10.2. The van der Waals surface area contributed by atoms with Gasteiger partial charge in [0.05, 0.1) is 11.8 Å². The summed E-state index contributed by atoms with van der Waals surface area (Å²) in [5.41, 5.74) is 2.17. The number of carbonyl (C=O) groups is 1. The Hall–Kier alpha value is -2.53. The number of anilines is 1. The van der Waals surface area contributed by atoms with Gasteiger partial charge < -0.3 is 4.74 Å². The average molecular weight is 352 g/mol. The number of nitrogens with zero attached hydrogens (tertiary/aromatic N) is 2. The summed E-state index contributed by atoms with van der Waals surface area (Å²) in [6.07, 6.45) is 3.86. The van der Waals surface area contributed by atoms with Gasteiger partial charge in [-0.2, -0.15) is 0 Å². The molecule has 0 spiro atoms. The van der Waals surface area contributed by atoms with Crippen molar-refractivity contribution in [3.63, 3.8) is 0 Å². The van der Waals surface area contributed by atoms with Crippen LogP contribution < -0.4 is 9.64 Å². The molecular formula is C20H20N2O2S. The fraction of sp³-hybridized carbons (Fsp3) is 0.200. The molecule has 0 fully saturated rings. The summed E-state index contributed by atoms with van der Waals surface area (Å²) < 4.78 is 5.64. The Morgan fingerprint density at radius 3 is 2.36 bits per heavy atom. The van der Waals surface area contributed by atoms with Crippen molar-refractivity contribution in [2.75, 3.05) is 11.2 Å². The molecule has 2 aromatic rings. The van der Waals surface area contributed by atoms with E-state index >= 15 is 0 Å². The van der Waals surface area contributed by atoms with Gasteiger partial charge in [-0.25, -0.2) is 4.99 Å². The van der Waals surface area contributed by atoms with Gasteiger partial charge in [0.25, 0.3) is 5.91 Å². The monoisotopic (exact) mass is 352 g/mol. The molecule has 0 saturated heterocycles. The maximum Gasteiger partial charge on any atom is 0.283 e. The minimum atomic E-state index is -0.113. The van der Waals surface area contributed by atoms with Crippen LogP contribution in [0.25, 0.3) is 6.08 Å². The molecule has 5 heteroatoms. The Morgan fingerprint density at radius 1 is 1.08 bits per heavy atom. The second kappa shape index (κ2) is 7.57. The molecule has 0 unspecified atom stereocenters. The van der Waals surface area contributed by atoms with Gasteiger partial charge >= 0.3 is 0 Å². The van der Waals surface area contributed by atoms with Gasteiger partial charge in [0.1, 0.15) is 11.4 Å². The van der Waals surface area contributed by atoms with Gasteiger partial charge in [0, 0.05) is 0 Å². The first-order valence-electron chi connectivity index (χ1n) is 8.09. The zero-order valence-corrected chi connectivity index (χ0v) is 15.3. The number of hydrogen-bond donors (Lipinski definition) is 0. The standard InChI is InChI=1S/C20H20N2O2S/c1-14(2)24-17-11-9-15(10-12-17)13-18-19(23)22(20(21-18)25-3)16-7-5-4-6-8-16/h4-14H,1-3H3. The molecule has 0 saturated carbocycles. The molecule has 0 bridgehead atoms. The van der Waals surface area contributed by atoms with Gasteiger partial charge in [-0.05, 0) is 56.0 Å². The largest absolute Gasteiger partial charge is 0.491 e. The molecule has 0 atom stereocenters. The first-order chi connectivity index (χ1) is 12.1. The first-order valence-corrected chi connectivity index (χ1v) is 9.31. The number of thioether (sulfide) groups is 1. The molecule has 1 heterocycles. The van der Waals surface area contributed by atoms with Gasteiger partial charge in [-0.15, -0.1) is 0 Å². The third-order valence-electron chi connectivity index (χ3n) is 3.58. The Morgan fingerprint density at radius 2 is 1.76 bits per heavy atom. The lowest BCUT2D eigenvalue weighted by molar-refractivity contribution is -0.113. The SMILES string of the molecule is CSC1=NC(=Cc2ccc(OC(C)C)cc2)C(=O)N1c1ccccc1. The number of ether oxygens (including phenoxy) is 1. The summed E-state index contributed by atoms with van der Waals surface area (Å²) in [6, 6.07) is 17.2. The third-order valence-corrected chi connectivity index (χ3v) is 4.22. The topological polar surface area (TPSA) is 41.9 Å². The van der Waals surface area contributed by atoms with Crippen molar-refractivity contribution in [2.24, 2.45) is 4.99 Å². The van der Waals surface area contributed by atoms with Gasteiger partial charge in [0.2, 0.25) is 0 Å². The molecule has 4 nitrogen and oxygen atoms in total. The highest BCUT2D eigenvalue weighted by Gasteiger charge is 2.30. The van der Waals surface area contributed by atoms with Crippen molar-refractivity contribution >= 4 is 34.6 Å². The highest BCUT2D eigenvalue weighted by Crippen LogP contribution is 2.28. The van der Waals surface area contributed by atoms with Crippen LogP contribution in [0.15, 0.2) is 65.3 Å². The second-order valence-electron chi connectivity index (χ2n) is 5.84. The van der Waals surface area contributed by atoms with Crippen LogP contribution in [0.5, 0.6) is 5.75 Å². The fourth-order valence-electron chi connectivity index (χ4n) is 2.51. The smallest absolute Gasteiger partial charge is 0.283 e. The van der Waals surface area contributed by atoms with Crippen LogP contribution in [0.2, 0.25) is 0 Å². The number of aliphatic imine (C=N–C) groups is 1. The van der Waals surface area contributed by atoms with Gasteiger partial charge in [-0.1, -0.05) is 42.1 Å². The Kier molecular flexibility index (Phi) is 5.24.